The molecule has 1 N–H and O–H groups in total. The quantitative estimate of drug-likeness (QED) is 0.894. The Kier molecular flexibility index (Phi) is 5.02. The predicted octanol–water partition coefficient (Wildman–Crippen LogP) is 4.29. The van der Waals surface area contributed by atoms with Crippen molar-refractivity contribution in [3.8, 4) is 11.5 Å². The first-order valence-electron chi connectivity index (χ1n) is 5.97. The number of halogens is 2. The zero-order valence-corrected chi connectivity index (χ0v) is 12.0. The standard InChI is InChI=1S/C14H14Cl2N2O/c1-2-17-9-12-13(16)4-3-5-14(12)19-11-6-10(15)7-18-8-11/h3-8,17H,2,9H2,1H3. The summed E-state index contributed by atoms with van der Waals surface area (Å²) in [6.07, 6.45) is 3.18. The van der Waals surface area contributed by atoms with Crippen molar-refractivity contribution < 1.29 is 4.74 Å². The Morgan fingerprint density at radius 1 is 1.26 bits per heavy atom. The Morgan fingerprint density at radius 3 is 2.84 bits per heavy atom. The zero-order valence-electron chi connectivity index (χ0n) is 10.5. The molecule has 0 atom stereocenters. The van der Waals surface area contributed by atoms with Gasteiger partial charge >= 0.3 is 0 Å². The van der Waals surface area contributed by atoms with Gasteiger partial charge in [-0.1, -0.05) is 36.2 Å². The second-order valence-electron chi connectivity index (χ2n) is 3.94. The predicted molar refractivity (Wildman–Crippen MR) is 78.2 cm³/mol. The van der Waals surface area contributed by atoms with Gasteiger partial charge in [-0.2, -0.15) is 0 Å². The van der Waals surface area contributed by atoms with Crippen LogP contribution in [-0.4, -0.2) is 11.5 Å². The molecule has 0 aliphatic rings. The molecule has 0 fully saturated rings. The minimum Gasteiger partial charge on any atom is -0.455 e. The summed E-state index contributed by atoms with van der Waals surface area (Å²) in [5.41, 5.74) is 0.922. The minimum absolute atomic E-state index is 0.535. The van der Waals surface area contributed by atoms with Crippen molar-refractivity contribution in [2.24, 2.45) is 0 Å². The molecule has 0 unspecified atom stereocenters. The normalized spacial score (nSPS) is 10.5. The zero-order chi connectivity index (χ0) is 13.7. The summed E-state index contributed by atoms with van der Waals surface area (Å²) in [6.45, 7) is 3.56. The van der Waals surface area contributed by atoms with E-state index in [2.05, 4.69) is 10.3 Å². The number of hydrogen-bond donors (Lipinski definition) is 1. The van der Waals surface area contributed by atoms with E-state index in [4.69, 9.17) is 27.9 Å². The maximum absolute atomic E-state index is 6.20. The van der Waals surface area contributed by atoms with Crippen molar-refractivity contribution in [1.29, 1.82) is 0 Å². The highest BCUT2D eigenvalue weighted by Gasteiger charge is 2.09. The Bertz CT molecular complexity index is 561. The van der Waals surface area contributed by atoms with Gasteiger partial charge in [0, 0.05) is 29.4 Å². The first-order valence-corrected chi connectivity index (χ1v) is 6.73. The highest BCUT2D eigenvalue weighted by atomic mass is 35.5. The molecule has 1 heterocycles. The van der Waals surface area contributed by atoms with E-state index in [0.29, 0.717) is 28.1 Å². The summed E-state index contributed by atoms with van der Waals surface area (Å²) in [7, 11) is 0. The van der Waals surface area contributed by atoms with Crippen LogP contribution in [0.5, 0.6) is 11.5 Å². The molecule has 3 nitrogen and oxygen atoms in total. The number of hydrogen-bond acceptors (Lipinski definition) is 3. The van der Waals surface area contributed by atoms with E-state index in [1.54, 1.807) is 18.5 Å². The summed E-state index contributed by atoms with van der Waals surface area (Å²) in [4.78, 5) is 3.99. The fourth-order valence-electron chi connectivity index (χ4n) is 1.63. The molecule has 5 heteroatoms. The number of nitrogens with one attached hydrogen (secondary N) is 1. The van der Waals surface area contributed by atoms with Gasteiger partial charge in [-0.05, 0) is 18.7 Å². The molecule has 19 heavy (non-hydrogen) atoms. The van der Waals surface area contributed by atoms with E-state index >= 15 is 0 Å². The Hall–Kier alpha value is -1.29. The molecule has 0 spiro atoms. The topological polar surface area (TPSA) is 34.1 Å². The van der Waals surface area contributed by atoms with E-state index < -0.39 is 0 Å². The molecule has 100 valence electrons. The van der Waals surface area contributed by atoms with Crippen molar-refractivity contribution in [3.05, 3.63) is 52.3 Å². The highest BCUT2D eigenvalue weighted by molar-refractivity contribution is 6.31. The molecule has 1 aromatic heterocycles. The van der Waals surface area contributed by atoms with Crippen LogP contribution in [0.2, 0.25) is 10.0 Å². The number of benzene rings is 1. The summed E-state index contributed by atoms with van der Waals surface area (Å²) in [6, 6.07) is 7.29. The maximum atomic E-state index is 6.20. The van der Waals surface area contributed by atoms with E-state index in [9.17, 15) is 0 Å². The third kappa shape index (κ3) is 3.83. The van der Waals surface area contributed by atoms with Crippen molar-refractivity contribution in [1.82, 2.24) is 10.3 Å². The first-order chi connectivity index (χ1) is 9.20. The number of nitrogens with zero attached hydrogens (tertiary/aromatic N) is 1. The van der Waals surface area contributed by atoms with E-state index in [1.165, 1.54) is 0 Å². The van der Waals surface area contributed by atoms with Gasteiger partial charge in [0.05, 0.1) is 11.2 Å². The third-order valence-corrected chi connectivity index (χ3v) is 3.10. The summed E-state index contributed by atoms with van der Waals surface area (Å²) >= 11 is 12.1. The lowest BCUT2D eigenvalue weighted by molar-refractivity contribution is 0.471. The average Bonchev–Trinajstić information content (AvgIpc) is 2.38. The largest absolute Gasteiger partial charge is 0.455 e. The van der Waals surface area contributed by atoms with Gasteiger partial charge in [-0.25, -0.2) is 0 Å². The van der Waals surface area contributed by atoms with Gasteiger partial charge in [0.2, 0.25) is 0 Å². The van der Waals surface area contributed by atoms with Crippen LogP contribution >= 0.6 is 23.2 Å². The number of ether oxygens (including phenoxy) is 1. The molecule has 0 radical (unpaired) electrons. The Balaban J connectivity index is 2.26. The fourth-order valence-corrected chi connectivity index (χ4v) is 2.03. The monoisotopic (exact) mass is 296 g/mol. The van der Waals surface area contributed by atoms with E-state index in [-0.39, 0.29) is 0 Å². The molecule has 0 amide bonds. The van der Waals surface area contributed by atoms with Gasteiger partial charge in [0.25, 0.3) is 0 Å². The number of rotatable bonds is 5. The highest BCUT2D eigenvalue weighted by Crippen LogP contribution is 2.30. The molecule has 2 aromatic rings. The lowest BCUT2D eigenvalue weighted by atomic mass is 10.2. The van der Waals surface area contributed by atoms with Crippen LogP contribution in [0.4, 0.5) is 0 Å². The summed E-state index contributed by atoms with van der Waals surface area (Å²) < 4.78 is 5.80. The molecule has 0 bridgehead atoms. The first kappa shape index (κ1) is 14.1. The number of aromatic nitrogens is 1. The van der Waals surface area contributed by atoms with E-state index in [0.717, 1.165) is 12.1 Å². The molecular weight excluding hydrogens is 283 g/mol. The molecule has 0 saturated heterocycles. The molecule has 0 aliphatic heterocycles. The van der Waals surface area contributed by atoms with Crippen molar-refractivity contribution in [2.45, 2.75) is 13.5 Å². The molecular formula is C14H14Cl2N2O. The second-order valence-corrected chi connectivity index (χ2v) is 4.78. The van der Waals surface area contributed by atoms with Gasteiger partial charge < -0.3 is 10.1 Å². The lowest BCUT2D eigenvalue weighted by Crippen LogP contribution is -2.12. The third-order valence-electron chi connectivity index (χ3n) is 2.54. The van der Waals surface area contributed by atoms with Crippen LogP contribution in [0.25, 0.3) is 0 Å². The van der Waals surface area contributed by atoms with E-state index in [1.807, 2.05) is 25.1 Å². The minimum atomic E-state index is 0.535. The van der Waals surface area contributed by atoms with Crippen molar-refractivity contribution in [3.63, 3.8) is 0 Å². The van der Waals surface area contributed by atoms with Crippen LogP contribution < -0.4 is 10.1 Å². The summed E-state index contributed by atoms with van der Waals surface area (Å²) in [5, 5.41) is 4.45. The van der Waals surface area contributed by atoms with Crippen LogP contribution in [0, 0.1) is 0 Å². The van der Waals surface area contributed by atoms with Crippen LogP contribution in [-0.2, 0) is 6.54 Å². The maximum Gasteiger partial charge on any atom is 0.147 e. The lowest BCUT2D eigenvalue weighted by Gasteiger charge is -2.12. The molecule has 0 saturated carbocycles. The van der Waals surface area contributed by atoms with Crippen LogP contribution in [0.1, 0.15) is 12.5 Å². The Morgan fingerprint density at radius 2 is 2.11 bits per heavy atom. The van der Waals surface area contributed by atoms with Crippen molar-refractivity contribution >= 4 is 23.2 Å². The fraction of sp³-hybridized carbons (Fsp3) is 0.214. The van der Waals surface area contributed by atoms with Crippen LogP contribution in [0.15, 0.2) is 36.7 Å². The van der Waals surface area contributed by atoms with Gasteiger partial charge in [-0.15, -0.1) is 0 Å². The smallest absolute Gasteiger partial charge is 0.147 e. The molecule has 1 aromatic carbocycles. The Labute approximate surface area is 122 Å². The van der Waals surface area contributed by atoms with Gasteiger partial charge in [-0.3, -0.25) is 4.98 Å². The van der Waals surface area contributed by atoms with Crippen LogP contribution in [0.3, 0.4) is 0 Å². The van der Waals surface area contributed by atoms with Gasteiger partial charge in [0.15, 0.2) is 0 Å². The summed E-state index contributed by atoms with van der Waals surface area (Å²) in [5.74, 6) is 1.30. The van der Waals surface area contributed by atoms with Crippen molar-refractivity contribution in [2.75, 3.05) is 6.54 Å². The number of pyridine rings is 1. The van der Waals surface area contributed by atoms with Gasteiger partial charge in [0.1, 0.15) is 11.5 Å². The molecule has 0 aliphatic carbocycles. The average molecular weight is 297 g/mol. The molecule has 2 rings (SSSR count). The second kappa shape index (κ2) is 6.75. The SMILES string of the molecule is CCNCc1c(Cl)cccc1Oc1cncc(Cl)c1.